The van der Waals surface area contributed by atoms with Gasteiger partial charge in [-0.2, -0.15) is 5.10 Å². The SMILES string of the molecule is Nc1nn(C2CC2)c2c1CCNC2. The molecule has 0 aromatic carbocycles. The van der Waals surface area contributed by atoms with Crippen LogP contribution in [0.15, 0.2) is 0 Å². The summed E-state index contributed by atoms with van der Waals surface area (Å²) in [5.74, 6) is 0.753. The summed E-state index contributed by atoms with van der Waals surface area (Å²) in [5.41, 5.74) is 8.48. The Labute approximate surface area is 77.1 Å². The summed E-state index contributed by atoms with van der Waals surface area (Å²) < 4.78 is 2.14. The quantitative estimate of drug-likeness (QED) is 0.656. The van der Waals surface area contributed by atoms with E-state index in [4.69, 9.17) is 5.73 Å². The Balaban J connectivity index is 2.09. The zero-order valence-electron chi connectivity index (χ0n) is 7.58. The third-order valence-corrected chi connectivity index (χ3v) is 2.89. The van der Waals surface area contributed by atoms with Crippen molar-refractivity contribution in [1.29, 1.82) is 0 Å². The van der Waals surface area contributed by atoms with E-state index in [1.165, 1.54) is 24.1 Å². The first-order valence-corrected chi connectivity index (χ1v) is 4.92. The highest BCUT2D eigenvalue weighted by Crippen LogP contribution is 2.37. The monoisotopic (exact) mass is 178 g/mol. The molecule has 70 valence electrons. The van der Waals surface area contributed by atoms with E-state index < -0.39 is 0 Å². The molecule has 1 aromatic rings. The van der Waals surface area contributed by atoms with Crippen molar-refractivity contribution >= 4 is 5.82 Å². The van der Waals surface area contributed by atoms with Crippen LogP contribution in [-0.2, 0) is 13.0 Å². The highest BCUT2D eigenvalue weighted by atomic mass is 15.3. The highest BCUT2D eigenvalue weighted by molar-refractivity contribution is 5.44. The Hall–Kier alpha value is -1.03. The van der Waals surface area contributed by atoms with E-state index in [1.807, 2.05) is 0 Å². The van der Waals surface area contributed by atoms with Crippen LogP contribution in [0.1, 0.15) is 30.1 Å². The van der Waals surface area contributed by atoms with E-state index in [-0.39, 0.29) is 0 Å². The van der Waals surface area contributed by atoms with Crippen LogP contribution >= 0.6 is 0 Å². The minimum atomic E-state index is 0.644. The number of nitrogen functional groups attached to an aromatic ring is 1. The number of anilines is 1. The Bertz CT molecular complexity index is 338. The summed E-state index contributed by atoms with van der Waals surface area (Å²) in [6, 6.07) is 0.644. The summed E-state index contributed by atoms with van der Waals surface area (Å²) in [6.07, 6.45) is 3.58. The second kappa shape index (κ2) is 2.48. The number of nitrogens with two attached hydrogens (primary N) is 1. The van der Waals surface area contributed by atoms with Crippen molar-refractivity contribution in [2.45, 2.75) is 31.8 Å². The topological polar surface area (TPSA) is 55.9 Å². The molecule has 0 amide bonds. The molecule has 2 heterocycles. The summed E-state index contributed by atoms with van der Waals surface area (Å²) >= 11 is 0. The van der Waals surface area contributed by atoms with Gasteiger partial charge in [0.15, 0.2) is 0 Å². The predicted molar refractivity (Wildman–Crippen MR) is 50.3 cm³/mol. The van der Waals surface area contributed by atoms with Crippen LogP contribution in [0.4, 0.5) is 5.82 Å². The van der Waals surface area contributed by atoms with E-state index in [9.17, 15) is 0 Å². The summed E-state index contributed by atoms with van der Waals surface area (Å²) in [7, 11) is 0. The smallest absolute Gasteiger partial charge is 0.149 e. The van der Waals surface area contributed by atoms with Gasteiger partial charge in [0.25, 0.3) is 0 Å². The second-order valence-electron chi connectivity index (χ2n) is 3.91. The molecular weight excluding hydrogens is 164 g/mol. The van der Waals surface area contributed by atoms with Gasteiger partial charge in [-0.25, -0.2) is 0 Å². The Morgan fingerprint density at radius 2 is 2.31 bits per heavy atom. The average molecular weight is 178 g/mol. The molecule has 0 radical (unpaired) electrons. The summed E-state index contributed by atoms with van der Waals surface area (Å²) in [5, 5.41) is 7.77. The normalized spacial score (nSPS) is 21.5. The molecule has 1 aromatic heterocycles. The molecule has 1 aliphatic heterocycles. The zero-order chi connectivity index (χ0) is 8.84. The predicted octanol–water partition coefficient (Wildman–Crippen LogP) is 0.446. The fourth-order valence-corrected chi connectivity index (χ4v) is 2.02. The van der Waals surface area contributed by atoms with Gasteiger partial charge in [-0.3, -0.25) is 4.68 Å². The van der Waals surface area contributed by atoms with Gasteiger partial charge in [0.2, 0.25) is 0 Å². The molecule has 0 saturated heterocycles. The Kier molecular flexibility index (Phi) is 1.41. The summed E-state index contributed by atoms with van der Waals surface area (Å²) in [4.78, 5) is 0. The fraction of sp³-hybridized carbons (Fsp3) is 0.667. The van der Waals surface area contributed by atoms with Gasteiger partial charge in [0.1, 0.15) is 5.82 Å². The minimum absolute atomic E-state index is 0.644. The largest absolute Gasteiger partial charge is 0.382 e. The molecule has 1 saturated carbocycles. The molecule has 0 unspecified atom stereocenters. The van der Waals surface area contributed by atoms with Crippen LogP contribution in [-0.4, -0.2) is 16.3 Å². The molecule has 1 aliphatic carbocycles. The molecule has 4 nitrogen and oxygen atoms in total. The first-order chi connectivity index (χ1) is 6.36. The minimum Gasteiger partial charge on any atom is -0.382 e. The van der Waals surface area contributed by atoms with Crippen LogP contribution in [0.25, 0.3) is 0 Å². The standard InChI is InChI=1S/C9H14N4/c10-9-7-3-4-11-5-8(7)13(12-9)6-1-2-6/h6,11H,1-5H2,(H2,10,12). The molecule has 3 N–H and O–H groups in total. The molecule has 0 bridgehead atoms. The first-order valence-electron chi connectivity index (χ1n) is 4.92. The molecule has 1 fully saturated rings. The fourth-order valence-electron chi connectivity index (χ4n) is 2.02. The molecule has 0 spiro atoms. The Morgan fingerprint density at radius 3 is 3.08 bits per heavy atom. The Morgan fingerprint density at radius 1 is 1.46 bits per heavy atom. The third-order valence-electron chi connectivity index (χ3n) is 2.89. The third kappa shape index (κ3) is 1.05. The van der Waals surface area contributed by atoms with Crippen molar-refractivity contribution < 1.29 is 0 Å². The van der Waals surface area contributed by atoms with Crippen LogP contribution in [0, 0.1) is 0 Å². The number of nitrogens with one attached hydrogen (secondary N) is 1. The summed E-state index contributed by atoms with van der Waals surface area (Å²) in [6.45, 7) is 1.98. The first kappa shape index (κ1) is 7.38. The maximum absolute atomic E-state index is 5.87. The van der Waals surface area contributed by atoms with Crippen molar-refractivity contribution in [2.75, 3.05) is 12.3 Å². The van der Waals surface area contributed by atoms with Crippen molar-refractivity contribution in [2.24, 2.45) is 0 Å². The molecule has 3 rings (SSSR count). The van der Waals surface area contributed by atoms with Crippen molar-refractivity contribution in [3.05, 3.63) is 11.3 Å². The molecule has 0 atom stereocenters. The second-order valence-corrected chi connectivity index (χ2v) is 3.91. The van der Waals surface area contributed by atoms with Crippen molar-refractivity contribution in [3.63, 3.8) is 0 Å². The number of aromatic nitrogens is 2. The average Bonchev–Trinajstić information content (AvgIpc) is 2.94. The lowest BCUT2D eigenvalue weighted by molar-refractivity contribution is 0.551. The van der Waals surface area contributed by atoms with Gasteiger partial charge < -0.3 is 11.1 Å². The van der Waals surface area contributed by atoms with E-state index in [0.717, 1.165) is 25.3 Å². The van der Waals surface area contributed by atoms with Crippen LogP contribution in [0.2, 0.25) is 0 Å². The van der Waals surface area contributed by atoms with Crippen molar-refractivity contribution in [3.8, 4) is 0 Å². The van der Waals surface area contributed by atoms with E-state index in [2.05, 4.69) is 15.1 Å². The molecule has 2 aliphatic rings. The van der Waals surface area contributed by atoms with Crippen molar-refractivity contribution in [1.82, 2.24) is 15.1 Å². The van der Waals surface area contributed by atoms with Gasteiger partial charge in [-0.05, 0) is 25.8 Å². The van der Waals surface area contributed by atoms with E-state index >= 15 is 0 Å². The van der Waals surface area contributed by atoms with Gasteiger partial charge >= 0.3 is 0 Å². The van der Waals surface area contributed by atoms with Crippen LogP contribution in [0.3, 0.4) is 0 Å². The number of hydrogen-bond acceptors (Lipinski definition) is 3. The van der Waals surface area contributed by atoms with Gasteiger partial charge in [-0.15, -0.1) is 0 Å². The molecule has 13 heavy (non-hydrogen) atoms. The lowest BCUT2D eigenvalue weighted by Crippen LogP contribution is -2.25. The van der Waals surface area contributed by atoms with Crippen LogP contribution in [0.5, 0.6) is 0 Å². The van der Waals surface area contributed by atoms with E-state index in [0.29, 0.717) is 6.04 Å². The zero-order valence-corrected chi connectivity index (χ0v) is 7.58. The van der Waals surface area contributed by atoms with E-state index in [1.54, 1.807) is 0 Å². The maximum Gasteiger partial charge on any atom is 0.149 e. The number of fused-ring (bicyclic) bond motifs is 1. The lowest BCUT2D eigenvalue weighted by atomic mass is 10.1. The van der Waals surface area contributed by atoms with Gasteiger partial charge in [0, 0.05) is 12.1 Å². The van der Waals surface area contributed by atoms with Crippen LogP contribution < -0.4 is 11.1 Å². The van der Waals surface area contributed by atoms with Gasteiger partial charge in [-0.1, -0.05) is 0 Å². The number of nitrogens with zero attached hydrogens (tertiary/aromatic N) is 2. The highest BCUT2D eigenvalue weighted by Gasteiger charge is 2.30. The lowest BCUT2D eigenvalue weighted by Gasteiger charge is -2.14. The number of rotatable bonds is 1. The maximum atomic E-state index is 5.87. The molecule has 4 heteroatoms. The number of hydrogen-bond donors (Lipinski definition) is 2. The molecular formula is C9H14N4. The van der Waals surface area contributed by atoms with Gasteiger partial charge in [0.05, 0.1) is 11.7 Å².